The summed E-state index contributed by atoms with van der Waals surface area (Å²) in [6, 6.07) is 0.905. The van der Waals surface area contributed by atoms with Crippen LogP contribution < -0.4 is 16.0 Å². The van der Waals surface area contributed by atoms with Crippen molar-refractivity contribution < 1.29 is 19.2 Å². The van der Waals surface area contributed by atoms with Crippen molar-refractivity contribution >= 4 is 40.5 Å². The van der Waals surface area contributed by atoms with Crippen LogP contribution in [0, 0.1) is 6.92 Å². The summed E-state index contributed by atoms with van der Waals surface area (Å²) in [5.41, 5.74) is 0.310. The van der Waals surface area contributed by atoms with Crippen molar-refractivity contribution in [3.05, 3.63) is 16.5 Å². The number of imide groups is 1. The minimum absolute atomic E-state index is 0.193. The minimum atomic E-state index is -0.732. The third kappa shape index (κ3) is 3.02. The van der Waals surface area contributed by atoms with Crippen LogP contribution in [0.4, 0.5) is 5.00 Å². The zero-order chi connectivity index (χ0) is 14.7. The van der Waals surface area contributed by atoms with Gasteiger partial charge in [0.2, 0.25) is 18.2 Å². The molecule has 4 amide bonds. The Morgan fingerprint density at radius 2 is 2.25 bits per heavy atom. The van der Waals surface area contributed by atoms with Gasteiger partial charge in [0.15, 0.2) is 0 Å². The summed E-state index contributed by atoms with van der Waals surface area (Å²) in [7, 11) is 0. The van der Waals surface area contributed by atoms with E-state index in [1.807, 2.05) is 6.92 Å². The zero-order valence-electron chi connectivity index (χ0n) is 10.7. The lowest BCUT2D eigenvalue weighted by Crippen LogP contribution is -2.52. The van der Waals surface area contributed by atoms with Gasteiger partial charge in [-0.05, 0) is 19.4 Å². The van der Waals surface area contributed by atoms with Gasteiger partial charge < -0.3 is 10.6 Å². The first-order chi connectivity index (χ1) is 9.51. The number of aryl methyl sites for hydroxylation is 1. The Balaban J connectivity index is 2.10. The molecule has 8 heteroatoms. The molecule has 1 aliphatic rings. The number of hydrogen-bond donors (Lipinski definition) is 3. The van der Waals surface area contributed by atoms with E-state index in [-0.39, 0.29) is 18.7 Å². The first kappa shape index (κ1) is 14.2. The first-order valence-corrected chi connectivity index (χ1v) is 6.78. The molecule has 0 saturated carbocycles. The van der Waals surface area contributed by atoms with E-state index in [4.69, 9.17) is 0 Å². The van der Waals surface area contributed by atoms with Gasteiger partial charge in [-0.1, -0.05) is 0 Å². The fraction of sp³-hybridized carbons (Fsp3) is 0.333. The molecule has 1 aromatic heterocycles. The number of piperidine rings is 1. The molecule has 0 aromatic carbocycles. The Kier molecular flexibility index (Phi) is 4.14. The smallest absolute Gasteiger partial charge is 0.254 e. The maximum Gasteiger partial charge on any atom is 0.254 e. The summed E-state index contributed by atoms with van der Waals surface area (Å²) in [6.45, 7) is 1.81. The monoisotopic (exact) mass is 295 g/mol. The van der Waals surface area contributed by atoms with Gasteiger partial charge in [0.25, 0.3) is 5.91 Å². The fourth-order valence-electron chi connectivity index (χ4n) is 1.91. The molecule has 2 rings (SSSR count). The summed E-state index contributed by atoms with van der Waals surface area (Å²) in [6.07, 6.45) is 0.961. The number of nitrogens with one attached hydrogen (secondary N) is 3. The molecule has 1 saturated heterocycles. The SMILES string of the molecule is Cc1cc(C(=O)NC2CCC(=O)NC2=O)c(NC=O)s1. The third-order valence-corrected chi connectivity index (χ3v) is 3.82. The van der Waals surface area contributed by atoms with Crippen molar-refractivity contribution in [3.63, 3.8) is 0 Å². The highest BCUT2D eigenvalue weighted by Gasteiger charge is 2.29. The number of anilines is 1. The lowest BCUT2D eigenvalue weighted by atomic mass is 10.1. The van der Waals surface area contributed by atoms with Crippen LogP contribution >= 0.6 is 11.3 Å². The van der Waals surface area contributed by atoms with E-state index in [9.17, 15) is 19.2 Å². The number of rotatable bonds is 4. The molecular formula is C12H13N3O4S. The van der Waals surface area contributed by atoms with Crippen LogP contribution in [0.5, 0.6) is 0 Å². The van der Waals surface area contributed by atoms with E-state index in [0.717, 1.165) is 4.88 Å². The second-order valence-electron chi connectivity index (χ2n) is 4.34. The average molecular weight is 295 g/mol. The maximum atomic E-state index is 12.1. The molecule has 0 aliphatic carbocycles. The molecule has 1 atom stereocenters. The number of carbonyl (C=O) groups is 4. The Morgan fingerprint density at radius 1 is 1.50 bits per heavy atom. The average Bonchev–Trinajstić information content (AvgIpc) is 2.74. The Bertz CT molecular complexity index is 581. The highest BCUT2D eigenvalue weighted by Crippen LogP contribution is 2.27. The van der Waals surface area contributed by atoms with Crippen molar-refractivity contribution in [1.82, 2.24) is 10.6 Å². The van der Waals surface area contributed by atoms with Crippen LogP contribution in [0.25, 0.3) is 0 Å². The lowest BCUT2D eigenvalue weighted by Gasteiger charge is -2.21. The fourth-order valence-corrected chi connectivity index (χ4v) is 2.78. The molecule has 1 unspecified atom stereocenters. The predicted molar refractivity (Wildman–Crippen MR) is 72.4 cm³/mol. The third-order valence-electron chi connectivity index (χ3n) is 2.83. The van der Waals surface area contributed by atoms with Crippen LogP contribution in [0.3, 0.4) is 0 Å². The van der Waals surface area contributed by atoms with Crippen LogP contribution in [0.15, 0.2) is 6.07 Å². The number of carbonyl (C=O) groups excluding carboxylic acids is 4. The van der Waals surface area contributed by atoms with Gasteiger partial charge in [0, 0.05) is 11.3 Å². The molecule has 0 spiro atoms. The predicted octanol–water partition coefficient (Wildman–Crippen LogP) is 0.160. The van der Waals surface area contributed by atoms with Crippen molar-refractivity contribution in [2.75, 3.05) is 5.32 Å². The quantitative estimate of drug-likeness (QED) is 0.543. The largest absolute Gasteiger partial charge is 0.340 e. The van der Waals surface area contributed by atoms with Crippen molar-refractivity contribution in [3.8, 4) is 0 Å². The molecule has 0 bridgehead atoms. The molecule has 106 valence electrons. The molecule has 3 N–H and O–H groups in total. The first-order valence-electron chi connectivity index (χ1n) is 5.96. The summed E-state index contributed by atoms with van der Waals surface area (Å²) >= 11 is 1.27. The van der Waals surface area contributed by atoms with Gasteiger partial charge in [0.1, 0.15) is 11.0 Å². The van der Waals surface area contributed by atoms with E-state index in [2.05, 4.69) is 16.0 Å². The second kappa shape index (κ2) is 5.83. The normalized spacial score (nSPS) is 18.4. The van der Waals surface area contributed by atoms with E-state index in [1.54, 1.807) is 6.07 Å². The molecule has 1 aliphatic heterocycles. The van der Waals surface area contributed by atoms with Gasteiger partial charge in [-0.3, -0.25) is 24.5 Å². The second-order valence-corrected chi connectivity index (χ2v) is 5.60. The Labute approximate surface area is 118 Å². The molecular weight excluding hydrogens is 282 g/mol. The van der Waals surface area contributed by atoms with Crippen LogP contribution in [-0.4, -0.2) is 30.2 Å². The van der Waals surface area contributed by atoms with Gasteiger partial charge in [0.05, 0.1) is 5.56 Å². The topological polar surface area (TPSA) is 104 Å². The van der Waals surface area contributed by atoms with Crippen molar-refractivity contribution in [1.29, 1.82) is 0 Å². The van der Waals surface area contributed by atoms with Crippen molar-refractivity contribution in [2.24, 2.45) is 0 Å². The van der Waals surface area contributed by atoms with Crippen LogP contribution in [-0.2, 0) is 14.4 Å². The Hall–Kier alpha value is -2.22. The standard InChI is InChI=1S/C12H13N3O4S/c1-6-4-7(12(20-6)13-5-16)10(18)14-8-2-3-9(17)15-11(8)19/h4-5,8H,2-3H2,1H3,(H,13,16)(H,14,18)(H,15,17,19). The van der Waals surface area contributed by atoms with E-state index < -0.39 is 17.9 Å². The summed E-state index contributed by atoms with van der Waals surface area (Å²) in [5, 5.41) is 7.62. The minimum Gasteiger partial charge on any atom is -0.340 e. The van der Waals surface area contributed by atoms with Crippen LogP contribution in [0.2, 0.25) is 0 Å². The maximum absolute atomic E-state index is 12.1. The molecule has 2 heterocycles. The van der Waals surface area contributed by atoms with Crippen LogP contribution in [0.1, 0.15) is 28.1 Å². The van der Waals surface area contributed by atoms with E-state index in [0.29, 0.717) is 17.0 Å². The molecule has 0 radical (unpaired) electrons. The van der Waals surface area contributed by atoms with Crippen molar-refractivity contribution in [2.45, 2.75) is 25.8 Å². The summed E-state index contributed by atoms with van der Waals surface area (Å²) < 4.78 is 0. The number of hydrogen-bond acceptors (Lipinski definition) is 5. The summed E-state index contributed by atoms with van der Waals surface area (Å²) in [5.74, 6) is -1.30. The molecule has 1 fully saturated rings. The number of amides is 4. The Morgan fingerprint density at radius 3 is 2.90 bits per heavy atom. The van der Waals surface area contributed by atoms with E-state index >= 15 is 0 Å². The molecule has 20 heavy (non-hydrogen) atoms. The highest BCUT2D eigenvalue weighted by molar-refractivity contribution is 7.16. The lowest BCUT2D eigenvalue weighted by molar-refractivity contribution is -0.134. The van der Waals surface area contributed by atoms with Gasteiger partial charge in [-0.2, -0.15) is 0 Å². The molecule has 7 nitrogen and oxygen atoms in total. The van der Waals surface area contributed by atoms with Gasteiger partial charge in [-0.25, -0.2) is 0 Å². The van der Waals surface area contributed by atoms with E-state index in [1.165, 1.54) is 11.3 Å². The summed E-state index contributed by atoms with van der Waals surface area (Å²) in [4.78, 5) is 46.1. The zero-order valence-corrected chi connectivity index (χ0v) is 11.5. The number of thiophene rings is 1. The highest BCUT2D eigenvalue weighted by atomic mass is 32.1. The van der Waals surface area contributed by atoms with Gasteiger partial charge >= 0.3 is 0 Å². The molecule has 1 aromatic rings. The van der Waals surface area contributed by atoms with Gasteiger partial charge in [-0.15, -0.1) is 11.3 Å².